The molecule has 1 rings (SSSR count). The summed E-state index contributed by atoms with van der Waals surface area (Å²) in [4.78, 5) is 0. The highest BCUT2D eigenvalue weighted by molar-refractivity contribution is 6.21. The van der Waals surface area contributed by atoms with E-state index in [1.54, 1.807) is 19.1 Å². The molecule has 2 atom stereocenters. The molecule has 1 N–H and O–H groups in total. The number of halogens is 2. The van der Waals surface area contributed by atoms with Gasteiger partial charge in [-0.25, -0.2) is 4.39 Å². The molecule has 66 valence electrons. The van der Waals surface area contributed by atoms with Crippen LogP contribution in [0.3, 0.4) is 0 Å². The summed E-state index contributed by atoms with van der Waals surface area (Å²) in [5.74, 6) is -0.334. The molecule has 0 aliphatic heterocycles. The van der Waals surface area contributed by atoms with Crippen molar-refractivity contribution < 1.29 is 9.50 Å². The molecule has 0 radical (unpaired) electrons. The molecule has 0 heterocycles. The number of hydrogen-bond acceptors (Lipinski definition) is 1. The molecule has 12 heavy (non-hydrogen) atoms. The number of benzene rings is 1. The van der Waals surface area contributed by atoms with Gasteiger partial charge in [-0.3, -0.25) is 0 Å². The molecule has 3 heteroatoms. The first kappa shape index (κ1) is 9.49. The first-order valence-electron chi connectivity index (χ1n) is 3.69. The molecule has 1 nitrogen and oxygen atoms in total. The predicted molar refractivity (Wildman–Crippen MR) is 46.7 cm³/mol. The Kier molecular flexibility index (Phi) is 3.06. The largest absolute Gasteiger partial charge is 0.392 e. The van der Waals surface area contributed by atoms with Crippen LogP contribution in [-0.2, 0) is 0 Å². The van der Waals surface area contributed by atoms with E-state index >= 15 is 0 Å². The van der Waals surface area contributed by atoms with Gasteiger partial charge in [-0.2, -0.15) is 0 Å². The van der Waals surface area contributed by atoms with Crippen molar-refractivity contribution in [3.05, 3.63) is 35.6 Å². The average Bonchev–Trinajstić information content (AvgIpc) is 2.03. The minimum atomic E-state index is -0.673. The monoisotopic (exact) mass is 188 g/mol. The quantitative estimate of drug-likeness (QED) is 0.707. The maximum absolute atomic E-state index is 12.7. The second-order valence-electron chi connectivity index (χ2n) is 2.70. The van der Waals surface area contributed by atoms with Gasteiger partial charge in [0.25, 0.3) is 0 Å². The van der Waals surface area contributed by atoms with Gasteiger partial charge in [-0.1, -0.05) is 12.1 Å². The molecule has 0 saturated heterocycles. The topological polar surface area (TPSA) is 20.2 Å². The number of alkyl halides is 1. The van der Waals surface area contributed by atoms with E-state index in [4.69, 9.17) is 16.7 Å². The lowest BCUT2D eigenvalue weighted by atomic mass is 10.1. The van der Waals surface area contributed by atoms with E-state index in [1.165, 1.54) is 12.1 Å². The van der Waals surface area contributed by atoms with E-state index in [0.29, 0.717) is 5.56 Å². The fraction of sp³-hybridized carbons (Fsp3) is 0.333. The Bertz CT molecular complexity index is 262. The molecule has 0 fully saturated rings. The first-order valence-corrected chi connectivity index (χ1v) is 4.12. The fourth-order valence-electron chi connectivity index (χ4n) is 0.957. The van der Waals surface area contributed by atoms with Crippen LogP contribution in [0.15, 0.2) is 24.3 Å². The molecule has 0 bridgehead atoms. The van der Waals surface area contributed by atoms with Crippen LogP contribution in [0.5, 0.6) is 0 Å². The molecule has 0 saturated carbocycles. The van der Waals surface area contributed by atoms with Gasteiger partial charge < -0.3 is 5.11 Å². The Balaban J connectivity index is 2.88. The Morgan fingerprint density at radius 1 is 1.50 bits per heavy atom. The summed E-state index contributed by atoms with van der Waals surface area (Å²) in [6.07, 6.45) is -0.673. The minimum Gasteiger partial charge on any atom is -0.392 e. The third-order valence-corrected chi connectivity index (χ3v) is 2.21. The highest BCUT2D eigenvalue weighted by atomic mass is 35.5. The van der Waals surface area contributed by atoms with Crippen molar-refractivity contribution in [2.24, 2.45) is 0 Å². The molecule has 1 aromatic rings. The van der Waals surface area contributed by atoms with Crippen molar-refractivity contribution in [1.82, 2.24) is 0 Å². The first-order chi connectivity index (χ1) is 5.61. The lowest BCUT2D eigenvalue weighted by molar-refractivity contribution is 0.189. The van der Waals surface area contributed by atoms with Crippen molar-refractivity contribution in [3.63, 3.8) is 0 Å². The summed E-state index contributed by atoms with van der Waals surface area (Å²) in [6, 6.07) is 5.93. The molecule has 1 aromatic carbocycles. The molecule has 0 spiro atoms. The maximum atomic E-state index is 12.7. The van der Waals surface area contributed by atoms with E-state index in [-0.39, 0.29) is 5.82 Å². The van der Waals surface area contributed by atoms with Gasteiger partial charge in [0.1, 0.15) is 5.82 Å². The normalized spacial score (nSPS) is 15.7. The van der Waals surface area contributed by atoms with Gasteiger partial charge >= 0.3 is 0 Å². The molecule has 0 aliphatic carbocycles. The van der Waals surface area contributed by atoms with Crippen LogP contribution in [0.1, 0.15) is 17.9 Å². The number of aliphatic hydroxyl groups excluding tert-OH is 1. The van der Waals surface area contributed by atoms with Gasteiger partial charge in [-0.15, -0.1) is 11.6 Å². The maximum Gasteiger partial charge on any atom is 0.123 e. The highest BCUT2D eigenvalue weighted by Gasteiger charge is 2.13. The molecule has 0 amide bonds. The molecule has 0 aliphatic rings. The Hall–Kier alpha value is -0.600. The Morgan fingerprint density at radius 3 is 2.67 bits per heavy atom. The van der Waals surface area contributed by atoms with Gasteiger partial charge in [-0.05, 0) is 24.6 Å². The standard InChI is InChI=1S/C9H10ClFO/c1-6(12)9(10)7-3-2-4-8(11)5-7/h2-6,9,12H,1H3. The summed E-state index contributed by atoms with van der Waals surface area (Å²) < 4.78 is 12.7. The summed E-state index contributed by atoms with van der Waals surface area (Å²) in [7, 11) is 0. The lowest BCUT2D eigenvalue weighted by Gasteiger charge is -2.12. The van der Waals surface area contributed by atoms with Crippen molar-refractivity contribution in [2.45, 2.75) is 18.4 Å². The van der Waals surface area contributed by atoms with Gasteiger partial charge in [0, 0.05) is 0 Å². The summed E-state index contributed by atoms with van der Waals surface area (Å²) in [6.45, 7) is 1.57. The number of aliphatic hydroxyl groups is 1. The zero-order valence-electron chi connectivity index (χ0n) is 6.67. The lowest BCUT2D eigenvalue weighted by Crippen LogP contribution is -2.08. The zero-order chi connectivity index (χ0) is 9.14. The van der Waals surface area contributed by atoms with Gasteiger partial charge in [0.15, 0.2) is 0 Å². The minimum absolute atomic E-state index is 0.334. The molecular weight excluding hydrogens is 179 g/mol. The van der Waals surface area contributed by atoms with Crippen molar-refractivity contribution in [1.29, 1.82) is 0 Å². The van der Waals surface area contributed by atoms with Crippen LogP contribution in [-0.4, -0.2) is 11.2 Å². The van der Waals surface area contributed by atoms with Crippen molar-refractivity contribution >= 4 is 11.6 Å². The van der Waals surface area contributed by atoms with Crippen LogP contribution in [0, 0.1) is 5.82 Å². The SMILES string of the molecule is CC(O)C(Cl)c1cccc(F)c1. The van der Waals surface area contributed by atoms with E-state index < -0.39 is 11.5 Å². The summed E-state index contributed by atoms with van der Waals surface area (Å²) >= 11 is 5.80. The number of rotatable bonds is 2. The van der Waals surface area contributed by atoms with Crippen LogP contribution in [0.25, 0.3) is 0 Å². The van der Waals surface area contributed by atoms with Crippen LogP contribution >= 0.6 is 11.6 Å². The van der Waals surface area contributed by atoms with E-state index in [0.717, 1.165) is 0 Å². The van der Waals surface area contributed by atoms with E-state index in [1.807, 2.05) is 0 Å². The van der Waals surface area contributed by atoms with Crippen LogP contribution in [0.4, 0.5) is 4.39 Å². The van der Waals surface area contributed by atoms with Gasteiger partial charge in [0.05, 0.1) is 11.5 Å². The van der Waals surface area contributed by atoms with E-state index in [2.05, 4.69) is 0 Å². The highest BCUT2D eigenvalue weighted by Crippen LogP contribution is 2.24. The Morgan fingerprint density at radius 2 is 2.17 bits per heavy atom. The third-order valence-electron chi connectivity index (χ3n) is 1.59. The van der Waals surface area contributed by atoms with E-state index in [9.17, 15) is 4.39 Å². The number of hydrogen-bond donors (Lipinski definition) is 1. The summed E-state index contributed by atoms with van der Waals surface area (Å²) in [5.41, 5.74) is 0.603. The third kappa shape index (κ3) is 2.19. The van der Waals surface area contributed by atoms with Crippen LogP contribution in [0.2, 0.25) is 0 Å². The summed E-state index contributed by atoms with van der Waals surface area (Å²) in [5, 5.41) is 8.57. The molecule has 2 unspecified atom stereocenters. The average molecular weight is 189 g/mol. The smallest absolute Gasteiger partial charge is 0.123 e. The Labute approximate surface area is 75.8 Å². The second-order valence-corrected chi connectivity index (χ2v) is 3.17. The molecular formula is C9H10ClFO. The van der Waals surface area contributed by atoms with Crippen molar-refractivity contribution in [2.75, 3.05) is 0 Å². The fourth-order valence-corrected chi connectivity index (χ4v) is 1.09. The van der Waals surface area contributed by atoms with Crippen LogP contribution < -0.4 is 0 Å². The van der Waals surface area contributed by atoms with Gasteiger partial charge in [0.2, 0.25) is 0 Å². The second kappa shape index (κ2) is 3.87. The van der Waals surface area contributed by atoms with Crippen molar-refractivity contribution in [3.8, 4) is 0 Å². The predicted octanol–water partition coefficient (Wildman–Crippen LogP) is 2.49. The molecule has 0 aromatic heterocycles. The zero-order valence-corrected chi connectivity index (χ0v) is 7.42.